The Morgan fingerprint density at radius 2 is 1.59 bits per heavy atom. The molecule has 0 saturated carbocycles. The SMILES string of the molecule is O=C(c1cc(NCCc2ccccc2)nc(-c2ccccc2)n1)N1CCCCC1. The molecule has 2 heterocycles. The van der Waals surface area contributed by atoms with Crippen molar-refractivity contribution in [2.75, 3.05) is 25.0 Å². The number of piperidine rings is 1. The van der Waals surface area contributed by atoms with Crippen LogP contribution in [-0.4, -0.2) is 40.4 Å². The zero-order valence-electron chi connectivity index (χ0n) is 16.6. The second kappa shape index (κ2) is 9.32. The number of carbonyl (C=O) groups is 1. The van der Waals surface area contributed by atoms with Crippen molar-refractivity contribution in [3.05, 3.63) is 78.0 Å². The van der Waals surface area contributed by atoms with Gasteiger partial charge < -0.3 is 10.2 Å². The van der Waals surface area contributed by atoms with Gasteiger partial charge in [0.1, 0.15) is 11.5 Å². The van der Waals surface area contributed by atoms with Gasteiger partial charge in [-0.3, -0.25) is 4.79 Å². The fourth-order valence-electron chi connectivity index (χ4n) is 3.60. The number of nitrogens with one attached hydrogen (secondary N) is 1. The van der Waals surface area contributed by atoms with Crippen LogP contribution >= 0.6 is 0 Å². The number of likely N-dealkylation sites (tertiary alicyclic amines) is 1. The van der Waals surface area contributed by atoms with E-state index in [9.17, 15) is 4.79 Å². The van der Waals surface area contributed by atoms with Crippen molar-refractivity contribution < 1.29 is 4.79 Å². The van der Waals surface area contributed by atoms with Crippen LogP contribution in [0.25, 0.3) is 11.4 Å². The summed E-state index contributed by atoms with van der Waals surface area (Å²) in [6, 6.07) is 21.9. The van der Waals surface area contributed by atoms with Crippen LogP contribution in [0, 0.1) is 0 Å². The Labute approximate surface area is 171 Å². The van der Waals surface area contributed by atoms with Crippen LogP contribution in [0.2, 0.25) is 0 Å². The van der Waals surface area contributed by atoms with E-state index >= 15 is 0 Å². The highest BCUT2D eigenvalue weighted by Crippen LogP contribution is 2.20. The van der Waals surface area contributed by atoms with Crippen LogP contribution in [0.15, 0.2) is 66.7 Å². The lowest BCUT2D eigenvalue weighted by atomic mass is 10.1. The number of aromatic nitrogens is 2. The fraction of sp³-hybridized carbons (Fsp3) is 0.292. The van der Waals surface area contributed by atoms with E-state index < -0.39 is 0 Å². The number of rotatable bonds is 6. The highest BCUT2D eigenvalue weighted by molar-refractivity contribution is 5.93. The van der Waals surface area contributed by atoms with Crippen LogP contribution in [0.3, 0.4) is 0 Å². The van der Waals surface area contributed by atoms with Crippen molar-refractivity contribution in [1.82, 2.24) is 14.9 Å². The monoisotopic (exact) mass is 386 g/mol. The zero-order chi connectivity index (χ0) is 19.9. The summed E-state index contributed by atoms with van der Waals surface area (Å²) in [5.74, 6) is 1.27. The zero-order valence-corrected chi connectivity index (χ0v) is 16.6. The standard InChI is InChI=1S/C24H26N4O/c29-24(28-16-8-3-9-17-28)21-18-22(25-15-14-19-10-4-1-5-11-19)27-23(26-21)20-12-6-2-7-13-20/h1-2,4-7,10-13,18H,3,8-9,14-17H2,(H,25,26,27). The van der Waals surface area contributed by atoms with E-state index in [0.29, 0.717) is 17.3 Å². The Hall–Kier alpha value is -3.21. The Bertz CT molecular complexity index is 938. The molecule has 1 fully saturated rings. The van der Waals surface area contributed by atoms with Gasteiger partial charge in [0.2, 0.25) is 0 Å². The maximum atomic E-state index is 13.0. The Morgan fingerprint density at radius 3 is 2.31 bits per heavy atom. The summed E-state index contributed by atoms with van der Waals surface area (Å²) in [6.07, 6.45) is 4.20. The normalized spacial score (nSPS) is 13.9. The molecule has 1 N–H and O–H groups in total. The third-order valence-corrected chi connectivity index (χ3v) is 5.18. The molecule has 4 rings (SSSR count). The van der Waals surface area contributed by atoms with Crippen molar-refractivity contribution in [3.63, 3.8) is 0 Å². The lowest BCUT2D eigenvalue weighted by Gasteiger charge is -2.26. The molecule has 1 aromatic heterocycles. The van der Waals surface area contributed by atoms with Crippen molar-refractivity contribution in [1.29, 1.82) is 0 Å². The average Bonchev–Trinajstić information content (AvgIpc) is 2.80. The van der Waals surface area contributed by atoms with E-state index in [0.717, 1.165) is 44.5 Å². The molecule has 2 aromatic carbocycles. The van der Waals surface area contributed by atoms with Crippen molar-refractivity contribution >= 4 is 11.7 Å². The lowest BCUT2D eigenvalue weighted by Crippen LogP contribution is -2.36. The number of benzene rings is 2. The van der Waals surface area contributed by atoms with Crippen LogP contribution in [-0.2, 0) is 6.42 Å². The topological polar surface area (TPSA) is 58.1 Å². The highest BCUT2D eigenvalue weighted by atomic mass is 16.2. The minimum atomic E-state index is -0.00427. The second-order valence-corrected chi connectivity index (χ2v) is 7.34. The lowest BCUT2D eigenvalue weighted by molar-refractivity contribution is 0.0718. The molecule has 0 spiro atoms. The molecule has 3 aromatic rings. The summed E-state index contributed by atoms with van der Waals surface area (Å²) >= 11 is 0. The fourth-order valence-corrected chi connectivity index (χ4v) is 3.60. The number of hydrogen-bond donors (Lipinski definition) is 1. The maximum absolute atomic E-state index is 13.0. The third-order valence-electron chi connectivity index (χ3n) is 5.18. The Balaban J connectivity index is 1.56. The van der Waals surface area contributed by atoms with Gasteiger partial charge in [-0.2, -0.15) is 0 Å². The van der Waals surface area contributed by atoms with Crippen LogP contribution in [0.1, 0.15) is 35.3 Å². The first kappa shape index (κ1) is 19.1. The molecule has 0 atom stereocenters. The van der Waals surface area contributed by atoms with E-state index in [-0.39, 0.29) is 5.91 Å². The summed E-state index contributed by atoms with van der Waals surface area (Å²) in [7, 11) is 0. The second-order valence-electron chi connectivity index (χ2n) is 7.34. The summed E-state index contributed by atoms with van der Waals surface area (Å²) in [5.41, 5.74) is 2.64. The number of carbonyl (C=O) groups excluding carboxylic acids is 1. The number of amides is 1. The molecule has 0 radical (unpaired) electrons. The minimum absolute atomic E-state index is 0.00427. The van der Waals surface area contributed by atoms with E-state index in [1.165, 1.54) is 12.0 Å². The first-order valence-electron chi connectivity index (χ1n) is 10.3. The van der Waals surface area contributed by atoms with Gasteiger partial charge in [-0.25, -0.2) is 9.97 Å². The quantitative estimate of drug-likeness (QED) is 0.681. The minimum Gasteiger partial charge on any atom is -0.370 e. The van der Waals surface area contributed by atoms with E-state index in [1.807, 2.05) is 53.4 Å². The number of hydrogen-bond acceptors (Lipinski definition) is 4. The molecule has 1 aliphatic heterocycles. The van der Waals surface area contributed by atoms with E-state index in [4.69, 9.17) is 0 Å². The van der Waals surface area contributed by atoms with Crippen LogP contribution in [0.5, 0.6) is 0 Å². The predicted octanol–water partition coefficient (Wildman–Crippen LogP) is 4.42. The van der Waals surface area contributed by atoms with Gasteiger partial charge in [-0.05, 0) is 31.2 Å². The Kier molecular flexibility index (Phi) is 6.15. The van der Waals surface area contributed by atoms with Crippen molar-refractivity contribution in [2.24, 2.45) is 0 Å². The first-order valence-corrected chi connectivity index (χ1v) is 10.3. The Morgan fingerprint density at radius 1 is 0.897 bits per heavy atom. The van der Waals surface area contributed by atoms with E-state index in [2.05, 4.69) is 27.4 Å². The van der Waals surface area contributed by atoms with Gasteiger partial charge in [-0.15, -0.1) is 0 Å². The van der Waals surface area contributed by atoms with Gasteiger partial charge >= 0.3 is 0 Å². The molecule has 1 saturated heterocycles. The van der Waals surface area contributed by atoms with Crippen molar-refractivity contribution in [3.8, 4) is 11.4 Å². The number of nitrogens with zero attached hydrogens (tertiary/aromatic N) is 3. The van der Waals surface area contributed by atoms with Crippen LogP contribution in [0.4, 0.5) is 5.82 Å². The van der Waals surface area contributed by atoms with Crippen molar-refractivity contribution in [2.45, 2.75) is 25.7 Å². The average molecular weight is 386 g/mol. The molecule has 1 amide bonds. The molecule has 1 aliphatic rings. The maximum Gasteiger partial charge on any atom is 0.272 e. The van der Waals surface area contributed by atoms with Gasteiger partial charge in [0, 0.05) is 31.3 Å². The first-order chi connectivity index (χ1) is 14.3. The molecule has 148 valence electrons. The van der Waals surface area contributed by atoms with E-state index in [1.54, 1.807) is 6.07 Å². The molecule has 0 bridgehead atoms. The number of anilines is 1. The summed E-state index contributed by atoms with van der Waals surface area (Å²) in [6.45, 7) is 2.35. The summed E-state index contributed by atoms with van der Waals surface area (Å²) in [5, 5.41) is 3.38. The molecule has 0 unspecified atom stereocenters. The van der Waals surface area contributed by atoms with Gasteiger partial charge in [0.15, 0.2) is 5.82 Å². The summed E-state index contributed by atoms with van der Waals surface area (Å²) in [4.78, 5) is 24.2. The predicted molar refractivity (Wildman–Crippen MR) is 116 cm³/mol. The highest BCUT2D eigenvalue weighted by Gasteiger charge is 2.21. The molecule has 0 aliphatic carbocycles. The van der Waals surface area contributed by atoms with Gasteiger partial charge in [-0.1, -0.05) is 60.7 Å². The molecule has 5 nitrogen and oxygen atoms in total. The van der Waals surface area contributed by atoms with Crippen LogP contribution < -0.4 is 5.32 Å². The summed E-state index contributed by atoms with van der Waals surface area (Å²) < 4.78 is 0. The molecular formula is C24H26N4O. The smallest absolute Gasteiger partial charge is 0.272 e. The third kappa shape index (κ3) is 4.99. The largest absolute Gasteiger partial charge is 0.370 e. The molecule has 29 heavy (non-hydrogen) atoms. The molecule has 5 heteroatoms. The van der Waals surface area contributed by atoms with Gasteiger partial charge in [0.05, 0.1) is 0 Å². The van der Waals surface area contributed by atoms with Gasteiger partial charge in [0.25, 0.3) is 5.91 Å². The molecular weight excluding hydrogens is 360 g/mol.